The van der Waals surface area contributed by atoms with E-state index in [0.717, 1.165) is 64.2 Å². The number of ketones is 1. The van der Waals surface area contributed by atoms with E-state index < -0.39 is 29.5 Å². The Balaban J connectivity index is 1.92. The number of carbonyl (C=O) groups excluding carboxylic acids is 4. The second-order valence-electron chi connectivity index (χ2n) is 7.33. The number of nitrogens with zero attached hydrogens (tertiary/aromatic N) is 2. The Bertz CT molecular complexity index is 507. The van der Waals surface area contributed by atoms with E-state index in [9.17, 15) is 19.2 Å². The van der Waals surface area contributed by atoms with Crippen molar-refractivity contribution in [2.24, 2.45) is 5.92 Å². The van der Waals surface area contributed by atoms with Gasteiger partial charge in [0.25, 0.3) is 11.8 Å². The number of Topliss-reactive ketones (excluding diaryl/α,β-unsaturated/α-hetero) is 1. The van der Waals surface area contributed by atoms with Crippen LogP contribution < -0.4 is 0 Å². The average molecular weight is 334 g/mol. The molecule has 6 nitrogen and oxygen atoms in total. The summed E-state index contributed by atoms with van der Waals surface area (Å²) in [6.07, 6.45) is 9.21. The van der Waals surface area contributed by atoms with Crippen LogP contribution in [0.3, 0.4) is 0 Å². The molecule has 0 atom stereocenters. The van der Waals surface area contributed by atoms with Crippen LogP contribution in [-0.4, -0.2) is 45.5 Å². The Morgan fingerprint density at radius 1 is 0.750 bits per heavy atom. The normalized spacial score (nSPS) is 25.5. The minimum Gasteiger partial charge on any atom is -0.299 e. The zero-order valence-electron chi connectivity index (χ0n) is 14.3. The van der Waals surface area contributed by atoms with E-state index in [1.165, 1.54) is 16.7 Å². The van der Waals surface area contributed by atoms with Crippen molar-refractivity contribution < 1.29 is 19.2 Å². The summed E-state index contributed by atoms with van der Waals surface area (Å²) in [5.74, 6) is -2.99. The third-order valence-corrected chi connectivity index (χ3v) is 5.67. The fourth-order valence-corrected chi connectivity index (χ4v) is 4.39. The van der Waals surface area contributed by atoms with Crippen molar-refractivity contribution in [3.8, 4) is 0 Å². The van der Waals surface area contributed by atoms with Crippen LogP contribution in [0.5, 0.6) is 0 Å². The van der Waals surface area contributed by atoms with Gasteiger partial charge in [-0.25, -0.2) is 4.79 Å². The summed E-state index contributed by atoms with van der Waals surface area (Å²) in [5, 5.41) is 0. The van der Waals surface area contributed by atoms with E-state index in [1.807, 2.05) is 0 Å². The molecule has 3 aliphatic rings. The van der Waals surface area contributed by atoms with Gasteiger partial charge in [0.05, 0.1) is 0 Å². The van der Waals surface area contributed by atoms with E-state index in [-0.39, 0.29) is 12.1 Å². The van der Waals surface area contributed by atoms with Gasteiger partial charge in [-0.05, 0) is 32.6 Å². The van der Waals surface area contributed by atoms with Crippen LogP contribution in [0, 0.1) is 5.92 Å². The van der Waals surface area contributed by atoms with Crippen molar-refractivity contribution in [2.75, 3.05) is 0 Å². The molecule has 0 bridgehead atoms. The Morgan fingerprint density at radius 2 is 1.12 bits per heavy atom. The van der Waals surface area contributed by atoms with Gasteiger partial charge < -0.3 is 0 Å². The van der Waals surface area contributed by atoms with Crippen molar-refractivity contribution in [3.63, 3.8) is 0 Å². The summed E-state index contributed by atoms with van der Waals surface area (Å²) in [6, 6.07) is -0.819. The van der Waals surface area contributed by atoms with Crippen LogP contribution in [0.4, 0.5) is 4.79 Å². The molecule has 0 aromatic rings. The summed E-state index contributed by atoms with van der Waals surface area (Å²) < 4.78 is 0. The molecule has 0 radical (unpaired) electrons. The number of imide groups is 2. The smallest absolute Gasteiger partial charge is 0.299 e. The highest BCUT2D eigenvalue weighted by Crippen LogP contribution is 2.32. The van der Waals surface area contributed by atoms with Crippen molar-refractivity contribution >= 4 is 23.6 Å². The van der Waals surface area contributed by atoms with Crippen LogP contribution in [0.25, 0.3) is 0 Å². The highest BCUT2D eigenvalue weighted by Gasteiger charge is 2.52. The Morgan fingerprint density at radius 3 is 1.46 bits per heavy atom. The minimum atomic E-state index is -1.33. The van der Waals surface area contributed by atoms with E-state index in [1.54, 1.807) is 0 Å². The Hall–Kier alpha value is -1.72. The maximum Gasteiger partial charge on any atom is 0.333 e. The maximum absolute atomic E-state index is 13.0. The summed E-state index contributed by atoms with van der Waals surface area (Å²) >= 11 is 0. The molecule has 0 spiro atoms. The fourth-order valence-electron chi connectivity index (χ4n) is 4.39. The monoisotopic (exact) mass is 334 g/mol. The number of rotatable bonds is 3. The van der Waals surface area contributed by atoms with E-state index >= 15 is 0 Å². The van der Waals surface area contributed by atoms with Gasteiger partial charge in [-0.3, -0.25) is 24.2 Å². The first-order valence-electron chi connectivity index (χ1n) is 9.23. The molecule has 4 amide bonds. The lowest BCUT2D eigenvalue weighted by atomic mass is 9.88. The molecular formula is C18H26N2O4. The highest BCUT2D eigenvalue weighted by molar-refractivity contribution is 6.26. The van der Waals surface area contributed by atoms with E-state index in [4.69, 9.17) is 0 Å². The molecule has 3 rings (SSSR count). The SMILES string of the molecule is CC(=O)C1C(=O)N(C2CCCCC2)C(=O)N(C2CCCCC2)C1=O. The summed E-state index contributed by atoms with van der Waals surface area (Å²) in [7, 11) is 0. The highest BCUT2D eigenvalue weighted by atomic mass is 16.2. The van der Waals surface area contributed by atoms with Crippen molar-refractivity contribution in [2.45, 2.75) is 83.2 Å². The summed E-state index contributed by atoms with van der Waals surface area (Å²) in [6.45, 7) is 1.27. The van der Waals surface area contributed by atoms with Crippen LogP contribution in [0.15, 0.2) is 0 Å². The number of urea groups is 1. The molecule has 24 heavy (non-hydrogen) atoms. The molecule has 0 aromatic heterocycles. The zero-order chi connectivity index (χ0) is 17.3. The molecule has 3 fully saturated rings. The zero-order valence-corrected chi connectivity index (χ0v) is 14.3. The maximum atomic E-state index is 13.0. The van der Waals surface area contributed by atoms with Crippen molar-refractivity contribution in [1.82, 2.24) is 9.80 Å². The van der Waals surface area contributed by atoms with Crippen LogP contribution >= 0.6 is 0 Å². The summed E-state index contributed by atoms with van der Waals surface area (Å²) in [4.78, 5) is 53.0. The van der Waals surface area contributed by atoms with Crippen molar-refractivity contribution in [3.05, 3.63) is 0 Å². The second kappa shape index (κ2) is 7.03. The van der Waals surface area contributed by atoms with Gasteiger partial charge in [0, 0.05) is 12.1 Å². The molecule has 2 aliphatic carbocycles. The Kier molecular flexibility index (Phi) is 5.01. The minimum absolute atomic E-state index is 0.167. The quantitative estimate of drug-likeness (QED) is 0.744. The number of hydrogen-bond acceptors (Lipinski definition) is 4. The van der Waals surface area contributed by atoms with Gasteiger partial charge in [0.2, 0.25) is 0 Å². The first-order valence-corrected chi connectivity index (χ1v) is 9.23. The molecule has 132 valence electrons. The molecule has 1 heterocycles. The molecular weight excluding hydrogens is 308 g/mol. The van der Waals surface area contributed by atoms with Gasteiger partial charge >= 0.3 is 6.03 Å². The average Bonchev–Trinajstić information content (AvgIpc) is 2.56. The Labute approximate surface area is 142 Å². The molecule has 0 unspecified atom stereocenters. The van der Waals surface area contributed by atoms with Gasteiger partial charge in [0.15, 0.2) is 11.7 Å². The number of hydrogen-bond donors (Lipinski definition) is 0. The number of carbonyl (C=O) groups is 4. The molecule has 1 aliphatic heterocycles. The van der Waals surface area contributed by atoms with E-state index in [0.29, 0.717) is 0 Å². The molecule has 0 N–H and O–H groups in total. The fraction of sp³-hybridized carbons (Fsp3) is 0.778. The predicted molar refractivity (Wildman–Crippen MR) is 87.0 cm³/mol. The van der Waals surface area contributed by atoms with Gasteiger partial charge in [-0.15, -0.1) is 0 Å². The van der Waals surface area contributed by atoms with Crippen molar-refractivity contribution in [1.29, 1.82) is 0 Å². The van der Waals surface area contributed by atoms with E-state index in [2.05, 4.69) is 0 Å². The lowest BCUT2D eigenvalue weighted by Crippen LogP contribution is -2.66. The third-order valence-electron chi connectivity index (χ3n) is 5.67. The molecule has 2 saturated carbocycles. The van der Waals surface area contributed by atoms with Crippen LogP contribution in [-0.2, 0) is 14.4 Å². The lowest BCUT2D eigenvalue weighted by Gasteiger charge is -2.44. The first kappa shape index (κ1) is 17.1. The topological polar surface area (TPSA) is 74.8 Å². The third kappa shape index (κ3) is 2.98. The second-order valence-corrected chi connectivity index (χ2v) is 7.33. The van der Waals surface area contributed by atoms with Gasteiger partial charge in [-0.2, -0.15) is 0 Å². The van der Waals surface area contributed by atoms with Crippen LogP contribution in [0.1, 0.15) is 71.1 Å². The predicted octanol–water partition coefficient (Wildman–Crippen LogP) is 2.65. The molecule has 6 heteroatoms. The number of barbiturate groups is 1. The largest absolute Gasteiger partial charge is 0.333 e. The molecule has 1 saturated heterocycles. The standard InChI is InChI=1S/C18H26N2O4/c1-12(21)15-16(22)19(13-8-4-2-5-9-13)18(24)20(17(15)23)14-10-6-3-7-11-14/h13-15H,2-11H2,1H3. The first-order chi connectivity index (χ1) is 11.5. The van der Waals surface area contributed by atoms with Gasteiger partial charge in [-0.1, -0.05) is 38.5 Å². The molecule has 0 aromatic carbocycles. The van der Waals surface area contributed by atoms with Gasteiger partial charge in [0.1, 0.15) is 0 Å². The summed E-state index contributed by atoms with van der Waals surface area (Å²) in [5.41, 5.74) is 0. The van der Waals surface area contributed by atoms with Crippen LogP contribution in [0.2, 0.25) is 0 Å². The lowest BCUT2D eigenvalue weighted by molar-refractivity contribution is -0.156. The number of amides is 4.